The Morgan fingerprint density at radius 1 is 0.867 bits per heavy atom. The molecule has 2 heterocycles. The Morgan fingerprint density at radius 2 is 1.50 bits per heavy atom. The molecule has 0 aromatic heterocycles. The molecule has 4 nitrogen and oxygen atoms in total. The van der Waals surface area contributed by atoms with Crippen molar-refractivity contribution in [1.82, 2.24) is 10.2 Å². The number of carbonyl (C=O) groups is 1. The summed E-state index contributed by atoms with van der Waals surface area (Å²) in [5.74, 6) is 0.649. The van der Waals surface area contributed by atoms with E-state index in [2.05, 4.69) is 78.4 Å². The third-order valence-corrected chi connectivity index (χ3v) is 6.33. The Bertz CT molecular complexity index is 838. The number of hydrogen-bond donors (Lipinski definition) is 1. The predicted molar refractivity (Wildman–Crippen MR) is 126 cm³/mol. The van der Waals surface area contributed by atoms with Crippen LogP contribution in [0.25, 0.3) is 0 Å². The Labute approximate surface area is 182 Å². The van der Waals surface area contributed by atoms with Gasteiger partial charge in [-0.05, 0) is 43.5 Å². The third kappa shape index (κ3) is 4.86. The van der Waals surface area contributed by atoms with E-state index in [1.54, 1.807) is 0 Å². The minimum Gasteiger partial charge on any atom is -0.368 e. The van der Waals surface area contributed by atoms with Gasteiger partial charge in [-0.2, -0.15) is 0 Å². The summed E-state index contributed by atoms with van der Waals surface area (Å²) < 4.78 is 0. The van der Waals surface area contributed by atoms with Crippen molar-refractivity contribution in [2.45, 2.75) is 40.5 Å². The van der Waals surface area contributed by atoms with Gasteiger partial charge in [-0.25, -0.2) is 0 Å². The Kier molecular flexibility index (Phi) is 7.54. The van der Waals surface area contributed by atoms with Gasteiger partial charge in [0.2, 0.25) is 5.91 Å². The fourth-order valence-electron chi connectivity index (χ4n) is 4.56. The molecule has 2 aromatic carbocycles. The van der Waals surface area contributed by atoms with Crippen molar-refractivity contribution in [2.75, 3.05) is 44.2 Å². The van der Waals surface area contributed by atoms with Crippen LogP contribution >= 0.6 is 0 Å². The summed E-state index contributed by atoms with van der Waals surface area (Å²) in [4.78, 5) is 17.8. The van der Waals surface area contributed by atoms with Crippen molar-refractivity contribution < 1.29 is 4.79 Å². The standard InChI is InChI=1S/C24H31N3O.C2H6/c1-17-5-8-20(9-6-17)21-15-25-16-22(21)24(28)27-12-10-26(11-13-27)23-14-18(2)4-7-19(23)3;1-2/h4-9,14,21-22,25H,10-13,15-16H2,1-3H3;1-2H3/t21?,22-;/m1./s1. The molecule has 1 amide bonds. The Balaban J connectivity index is 0.00000124. The molecule has 1 N–H and O–H groups in total. The smallest absolute Gasteiger partial charge is 0.227 e. The van der Waals surface area contributed by atoms with Crippen LogP contribution in [0.1, 0.15) is 42.0 Å². The number of nitrogens with zero attached hydrogens (tertiary/aromatic N) is 2. The minimum absolute atomic E-state index is 0.0509. The Hall–Kier alpha value is -2.33. The largest absolute Gasteiger partial charge is 0.368 e. The lowest BCUT2D eigenvalue weighted by Crippen LogP contribution is -2.51. The molecule has 0 spiro atoms. The fraction of sp³-hybridized carbons (Fsp3) is 0.500. The number of nitrogens with one attached hydrogen (secondary N) is 1. The van der Waals surface area contributed by atoms with Crippen molar-refractivity contribution in [3.63, 3.8) is 0 Å². The van der Waals surface area contributed by atoms with Crippen molar-refractivity contribution in [1.29, 1.82) is 0 Å². The summed E-state index contributed by atoms with van der Waals surface area (Å²) in [6, 6.07) is 15.3. The molecule has 0 bridgehead atoms. The van der Waals surface area contributed by atoms with Gasteiger partial charge in [-0.1, -0.05) is 55.8 Å². The molecule has 2 aliphatic heterocycles. The lowest BCUT2D eigenvalue weighted by atomic mass is 9.87. The van der Waals surface area contributed by atoms with Gasteiger partial charge >= 0.3 is 0 Å². The average molecular weight is 408 g/mol. The summed E-state index contributed by atoms with van der Waals surface area (Å²) in [7, 11) is 0. The maximum atomic E-state index is 13.3. The highest BCUT2D eigenvalue weighted by molar-refractivity contribution is 5.81. The van der Waals surface area contributed by atoms with E-state index in [0.717, 1.165) is 39.3 Å². The summed E-state index contributed by atoms with van der Waals surface area (Å²) in [6.45, 7) is 15.5. The molecular weight excluding hydrogens is 370 g/mol. The first-order valence-electron chi connectivity index (χ1n) is 11.4. The van der Waals surface area contributed by atoms with E-state index < -0.39 is 0 Å². The van der Waals surface area contributed by atoms with Gasteiger partial charge in [0.25, 0.3) is 0 Å². The number of piperazine rings is 1. The van der Waals surface area contributed by atoms with E-state index in [4.69, 9.17) is 0 Å². The van der Waals surface area contributed by atoms with E-state index in [-0.39, 0.29) is 11.8 Å². The van der Waals surface area contributed by atoms with E-state index in [1.807, 2.05) is 13.8 Å². The monoisotopic (exact) mass is 407 g/mol. The first-order chi connectivity index (χ1) is 14.5. The molecule has 2 aromatic rings. The van der Waals surface area contributed by atoms with Crippen LogP contribution in [0.5, 0.6) is 0 Å². The van der Waals surface area contributed by atoms with Gasteiger partial charge in [-0.15, -0.1) is 0 Å². The fourth-order valence-corrected chi connectivity index (χ4v) is 4.56. The van der Waals surface area contributed by atoms with Crippen molar-refractivity contribution in [2.24, 2.45) is 5.92 Å². The second kappa shape index (κ2) is 10.1. The van der Waals surface area contributed by atoms with Crippen LogP contribution in [0.4, 0.5) is 5.69 Å². The number of anilines is 1. The number of carbonyl (C=O) groups excluding carboxylic acids is 1. The van der Waals surface area contributed by atoms with Crippen LogP contribution < -0.4 is 10.2 Å². The highest BCUT2D eigenvalue weighted by atomic mass is 16.2. The zero-order valence-corrected chi connectivity index (χ0v) is 19.2. The molecule has 2 atom stereocenters. The molecule has 4 rings (SSSR count). The van der Waals surface area contributed by atoms with Gasteiger partial charge in [0.1, 0.15) is 0 Å². The van der Waals surface area contributed by atoms with Gasteiger partial charge in [0.15, 0.2) is 0 Å². The van der Waals surface area contributed by atoms with Gasteiger partial charge < -0.3 is 15.1 Å². The first kappa shape index (κ1) is 22.4. The maximum Gasteiger partial charge on any atom is 0.227 e. The lowest BCUT2D eigenvalue weighted by molar-refractivity contribution is -0.135. The van der Waals surface area contributed by atoms with Crippen LogP contribution in [0.3, 0.4) is 0 Å². The molecule has 4 heteroatoms. The number of rotatable bonds is 3. The summed E-state index contributed by atoms with van der Waals surface area (Å²) in [6.07, 6.45) is 0. The SMILES string of the molecule is CC.Cc1ccc(C2CNC[C@H]2C(=O)N2CCN(c3cc(C)ccc3C)CC2)cc1. The second-order valence-electron chi connectivity index (χ2n) is 8.38. The van der Waals surface area contributed by atoms with Crippen LogP contribution in [0.15, 0.2) is 42.5 Å². The molecule has 0 aliphatic carbocycles. The molecule has 0 radical (unpaired) electrons. The third-order valence-electron chi connectivity index (χ3n) is 6.33. The minimum atomic E-state index is 0.0509. The molecule has 2 aliphatic rings. The maximum absolute atomic E-state index is 13.3. The zero-order chi connectivity index (χ0) is 21.7. The normalized spacial score (nSPS) is 21.2. The van der Waals surface area contributed by atoms with E-state index in [9.17, 15) is 4.79 Å². The molecule has 0 saturated carbocycles. The lowest BCUT2D eigenvalue weighted by Gasteiger charge is -2.38. The summed E-state index contributed by atoms with van der Waals surface area (Å²) in [5, 5.41) is 3.45. The molecule has 1 unspecified atom stereocenters. The number of aryl methyl sites for hydroxylation is 3. The molecule has 2 saturated heterocycles. The summed E-state index contributed by atoms with van der Waals surface area (Å²) in [5.41, 5.74) is 6.46. The van der Waals surface area contributed by atoms with Gasteiger partial charge in [0, 0.05) is 50.9 Å². The van der Waals surface area contributed by atoms with E-state index >= 15 is 0 Å². The quantitative estimate of drug-likeness (QED) is 0.824. The first-order valence-corrected chi connectivity index (χ1v) is 11.4. The van der Waals surface area contributed by atoms with E-state index in [1.165, 1.54) is 27.9 Å². The van der Waals surface area contributed by atoms with Crippen LogP contribution in [-0.4, -0.2) is 50.1 Å². The van der Waals surface area contributed by atoms with Crippen molar-refractivity contribution >= 4 is 11.6 Å². The van der Waals surface area contributed by atoms with Gasteiger partial charge in [-0.3, -0.25) is 4.79 Å². The Morgan fingerprint density at radius 3 is 2.17 bits per heavy atom. The summed E-state index contributed by atoms with van der Waals surface area (Å²) >= 11 is 0. The van der Waals surface area contributed by atoms with Crippen LogP contribution in [0, 0.1) is 26.7 Å². The van der Waals surface area contributed by atoms with Crippen LogP contribution in [-0.2, 0) is 4.79 Å². The van der Waals surface area contributed by atoms with Crippen molar-refractivity contribution in [3.8, 4) is 0 Å². The predicted octanol–water partition coefficient (Wildman–Crippen LogP) is 4.29. The van der Waals surface area contributed by atoms with Gasteiger partial charge in [0.05, 0.1) is 5.92 Å². The average Bonchev–Trinajstić information content (AvgIpc) is 3.27. The molecular formula is C26H37N3O. The highest BCUT2D eigenvalue weighted by Crippen LogP contribution is 2.31. The number of benzene rings is 2. The molecule has 30 heavy (non-hydrogen) atoms. The van der Waals surface area contributed by atoms with E-state index in [0.29, 0.717) is 5.91 Å². The number of amides is 1. The number of hydrogen-bond acceptors (Lipinski definition) is 3. The van der Waals surface area contributed by atoms with Crippen LogP contribution in [0.2, 0.25) is 0 Å². The zero-order valence-electron chi connectivity index (χ0n) is 19.2. The topological polar surface area (TPSA) is 35.6 Å². The molecule has 2 fully saturated rings. The molecule has 162 valence electrons. The van der Waals surface area contributed by atoms with Crippen molar-refractivity contribution in [3.05, 3.63) is 64.7 Å². The highest BCUT2D eigenvalue weighted by Gasteiger charge is 2.37. The second-order valence-corrected chi connectivity index (χ2v) is 8.38.